The van der Waals surface area contributed by atoms with Gasteiger partial charge in [0.05, 0.1) is 12.9 Å². The van der Waals surface area contributed by atoms with Gasteiger partial charge < -0.3 is 9.64 Å². The van der Waals surface area contributed by atoms with E-state index in [0.29, 0.717) is 0 Å². The molecule has 6 heteroatoms. The van der Waals surface area contributed by atoms with Crippen molar-refractivity contribution >= 4 is 21.8 Å². The van der Waals surface area contributed by atoms with E-state index in [2.05, 4.69) is 0 Å². The Morgan fingerprint density at radius 2 is 2.13 bits per heavy atom. The number of sulfone groups is 1. The van der Waals surface area contributed by atoms with E-state index in [9.17, 15) is 13.2 Å². The molecule has 0 unspecified atom stereocenters. The van der Waals surface area contributed by atoms with Gasteiger partial charge in [-0.05, 0) is 43.5 Å². The minimum atomic E-state index is -3.12. The number of hydrogen-bond acceptors (Lipinski definition) is 4. The highest BCUT2D eigenvalue weighted by molar-refractivity contribution is 7.90. The van der Waals surface area contributed by atoms with Crippen LogP contribution >= 0.6 is 0 Å². The summed E-state index contributed by atoms with van der Waals surface area (Å²) in [6.45, 7) is 1.79. The minimum Gasteiger partial charge on any atom is -0.497 e. The molecule has 126 valence electrons. The Hall–Kier alpha value is -1.82. The Labute approximate surface area is 137 Å². The lowest BCUT2D eigenvalue weighted by Gasteiger charge is -2.27. The summed E-state index contributed by atoms with van der Waals surface area (Å²) in [5.74, 6) is 0.568. The van der Waals surface area contributed by atoms with E-state index < -0.39 is 9.84 Å². The summed E-state index contributed by atoms with van der Waals surface area (Å²) >= 11 is 0. The quantitative estimate of drug-likeness (QED) is 0.715. The van der Waals surface area contributed by atoms with Gasteiger partial charge in [-0.15, -0.1) is 0 Å². The monoisotopic (exact) mass is 337 g/mol. The van der Waals surface area contributed by atoms with Crippen LogP contribution in [0.3, 0.4) is 0 Å². The van der Waals surface area contributed by atoms with Crippen LogP contribution in [-0.2, 0) is 14.6 Å². The second-order valence-corrected chi connectivity index (χ2v) is 8.21. The van der Waals surface area contributed by atoms with Gasteiger partial charge in [0.2, 0.25) is 5.91 Å². The van der Waals surface area contributed by atoms with Crippen molar-refractivity contribution in [2.75, 3.05) is 19.1 Å². The van der Waals surface area contributed by atoms with Crippen LogP contribution in [-0.4, -0.2) is 50.4 Å². The summed E-state index contributed by atoms with van der Waals surface area (Å²) in [6.07, 6.45) is 6.31. The molecule has 1 fully saturated rings. The second-order valence-electron chi connectivity index (χ2n) is 6.03. The average molecular weight is 337 g/mol. The van der Waals surface area contributed by atoms with E-state index in [1.807, 2.05) is 24.3 Å². The van der Waals surface area contributed by atoms with Crippen LogP contribution in [0.25, 0.3) is 6.08 Å². The molecule has 5 nitrogen and oxygen atoms in total. The third-order valence-corrected chi connectivity index (χ3v) is 4.81. The van der Waals surface area contributed by atoms with Crippen molar-refractivity contribution in [2.45, 2.75) is 31.8 Å². The maximum absolute atomic E-state index is 12.5. The third kappa shape index (κ3) is 5.39. The summed E-state index contributed by atoms with van der Waals surface area (Å²) < 4.78 is 28.1. The molecular formula is C17H23NO4S. The highest BCUT2D eigenvalue weighted by Gasteiger charge is 2.35. The average Bonchev–Trinajstić information content (AvgIpc) is 3.28. The first-order valence-corrected chi connectivity index (χ1v) is 9.68. The van der Waals surface area contributed by atoms with E-state index in [0.717, 1.165) is 24.2 Å². The lowest BCUT2D eigenvalue weighted by atomic mass is 10.2. The molecule has 1 aromatic rings. The van der Waals surface area contributed by atoms with Gasteiger partial charge >= 0.3 is 0 Å². The van der Waals surface area contributed by atoms with Gasteiger partial charge in [0.15, 0.2) is 0 Å². The van der Waals surface area contributed by atoms with Crippen LogP contribution in [0.15, 0.2) is 30.3 Å². The Kier molecular flexibility index (Phi) is 5.46. The van der Waals surface area contributed by atoms with Gasteiger partial charge in [-0.1, -0.05) is 12.1 Å². The molecule has 0 N–H and O–H groups in total. The fourth-order valence-electron chi connectivity index (χ4n) is 2.63. The zero-order valence-electron chi connectivity index (χ0n) is 13.7. The molecule has 1 aromatic carbocycles. The van der Waals surface area contributed by atoms with E-state index in [4.69, 9.17) is 4.74 Å². The highest BCUT2D eigenvalue weighted by atomic mass is 32.2. The van der Waals surface area contributed by atoms with E-state index >= 15 is 0 Å². The summed E-state index contributed by atoms with van der Waals surface area (Å²) in [5.41, 5.74) is 0.865. The van der Waals surface area contributed by atoms with Crippen LogP contribution in [0.4, 0.5) is 0 Å². The summed E-state index contributed by atoms with van der Waals surface area (Å²) in [4.78, 5) is 14.2. The first-order chi connectivity index (χ1) is 10.8. The van der Waals surface area contributed by atoms with Crippen LogP contribution < -0.4 is 4.74 Å². The molecule has 1 amide bonds. The molecule has 1 saturated carbocycles. The minimum absolute atomic E-state index is 0.0117. The van der Waals surface area contributed by atoms with Crippen molar-refractivity contribution in [2.24, 2.45) is 0 Å². The largest absolute Gasteiger partial charge is 0.497 e. The number of hydrogen-bond donors (Lipinski definition) is 0. The molecule has 0 spiro atoms. The molecule has 0 heterocycles. The summed E-state index contributed by atoms with van der Waals surface area (Å²) in [5, 5.41) is 0. The van der Waals surface area contributed by atoms with Gasteiger partial charge in [0, 0.05) is 24.4 Å². The fraction of sp³-hybridized carbons (Fsp3) is 0.471. The van der Waals surface area contributed by atoms with Gasteiger partial charge in [-0.2, -0.15) is 0 Å². The molecule has 0 radical (unpaired) electrons. The topological polar surface area (TPSA) is 63.7 Å². The molecule has 1 aliphatic carbocycles. The molecular weight excluding hydrogens is 314 g/mol. The zero-order chi connectivity index (χ0) is 17.0. The van der Waals surface area contributed by atoms with Crippen molar-refractivity contribution in [3.63, 3.8) is 0 Å². The standard InChI is InChI=1S/C17H23NO4S/c1-13(12-23(3,20)21)18(15-8-9-15)17(19)10-7-14-5-4-6-16(11-14)22-2/h4-7,10-11,13,15H,8-9,12H2,1-3H3/b10-7-/t13-/m0/s1. The van der Waals surface area contributed by atoms with Crippen LogP contribution in [0, 0.1) is 0 Å². The number of rotatable bonds is 7. The number of ether oxygens (including phenoxy) is 1. The third-order valence-electron chi connectivity index (χ3n) is 3.73. The number of carbonyl (C=O) groups is 1. The predicted molar refractivity (Wildman–Crippen MR) is 91.1 cm³/mol. The number of amides is 1. The zero-order valence-corrected chi connectivity index (χ0v) is 14.5. The molecule has 0 aliphatic heterocycles. The maximum atomic E-state index is 12.5. The second kappa shape index (κ2) is 7.17. The number of nitrogens with zero attached hydrogens (tertiary/aromatic N) is 1. The molecule has 0 saturated heterocycles. The fourth-order valence-corrected chi connectivity index (χ4v) is 3.66. The Balaban J connectivity index is 2.10. The first kappa shape index (κ1) is 17.5. The Morgan fingerprint density at radius 3 is 2.70 bits per heavy atom. The van der Waals surface area contributed by atoms with Crippen molar-refractivity contribution in [3.05, 3.63) is 35.9 Å². The van der Waals surface area contributed by atoms with E-state index in [1.165, 1.54) is 12.3 Å². The smallest absolute Gasteiger partial charge is 0.247 e. The maximum Gasteiger partial charge on any atom is 0.247 e. The van der Waals surface area contributed by atoms with E-state index in [1.54, 1.807) is 25.0 Å². The Bertz CT molecular complexity index is 692. The first-order valence-electron chi connectivity index (χ1n) is 7.62. The lowest BCUT2D eigenvalue weighted by Crippen LogP contribution is -2.43. The number of carbonyl (C=O) groups excluding carboxylic acids is 1. The van der Waals surface area contributed by atoms with Gasteiger partial charge in [-0.25, -0.2) is 8.42 Å². The number of benzene rings is 1. The lowest BCUT2D eigenvalue weighted by molar-refractivity contribution is -0.128. The molecule has 1 aliphatic rings. The van der Waals surface area contributed by atoms with Gasteiger partial charge in [-0.3, -0.25) is 4.79 Å². The molecule has 23 heavy (non-hydrogen) atoms. The van der Waals surface area contributed by atoms with Crippen LogP contribution in [0.5, 0.6) is 5.75 Å². The number of methoxy groups -OCH3 is 1. The molecule has 0 bridgehead atoms. The van der Waals surface area contributed by atoms with Crippen LogP contribution in [0.1, 0.15) is 25.3 Å². The summed E-state index contributed by atoms with van der Waals surface area (Å²) in [6, 6.07) is 7.26. The normalized spacial score (nSPS) is 16.3. The predicted octanol–water partition coefficient (Wildman–Crippen LogP) is 2.13. The van der Waals surface area contributed by atoms with Crippen molar-refractivity contribution in [1.82, 2.24) is 4.90 Å². The molecule has 1 atom stereocenters. The van der Waals surface area contributed by atoms with Gasteiger partial charge in [0.25, 0.3) is 0 Å². The molecule has 0 aromatic heterocycles. The van der Waals surface area contributed by atoms with Crippen molar-refractivity contribution in [3.8, 4) is 5.75 Å². The van der Waals surface area contributed by atoms with Gasteiger partial charge in [0.1, 0.15) is 15.6 Å². The Morgan fingerprint density at radius 1 is 1.43 bits per heavy atom. The molecule has 2 rings (SSSR count). The summed E-state index contributed by atoms with van der Waals surface area (Å²) in [7, 11) is -1.53. The van der Waals surface area contributed by atoms with Crippen molar-refractivity contribution < 1.29 is 17.9 Å². The SMILES string of the molecule is COc1cccc(/C=C\C(=O)N(C2CC2)[C@@H](C)CS(C)(=O)=O)c1. The van der Waals surface area contributed by atoms with Crippen molar-refractivity contribution in [1.29, 1.82) is 0 Å². The highest BCUT2D eigenvalue weighted by Crippen LogP contribution is 2.29. The van der Waals surface area contributed by atoms with E-state index in [-0.39, 0.29) is 23.7 Å². The van der Waals surface area contributed by atoms with Crippen LogP contribution in [0.2, 0.25) is 0 Å².